The van der Waals surface area contributed by atoms with Gasteiger partial charge in [0.05, 0.1) is 16.5 Å². The van der Waals surface area contributed by atoms with Gasteiger partial charge >= 0.3 is 0 Å². The first-order valence-corrected chi connectivity index (χ1v) is 26.1. The molecule has 346 valence electrons. The zero-order valence-electron chi connectivity index (χ0n) is 40.6. The molecule has 0 saturated carbocycles. The Morgan fingerprint density at radius 1 is 0.324 bits per heavy atom. The van der Waals surface area contributed by atoms with E-state index >= 15 is 0 Å². The Bertz CT molecular complexity index is 4130. The minimum Gasteiger partial charge on any atom is -0.310 e. The maximum absolute atomic E-state index is 2.49. The number of anilines is 6. The third-order valence-electron chi connectivity index (χ3n) is 17.3. The number of benzene rings is 11. The first kappa shape index (κ1) is 41.4. The first-order valence-electron chi connectivity index (χ1n) is 26.1. The maximum atomic E-state index is 2.49. The molecule has 4 atom stereocenters. The van der Waals surface area contributed by atoms with Crippen LogP contribution in [0.4, 0.5) is 34.1 Å². The summed E-state index contributed by atoms with van der Waals surface area (Å²) in [5.74, 6) is 0.603. The number of para-hydroxylation sites is 3. The molecule has 0 amide bonds. The molecule has 16 rings (SSSR count). The van der Waals surface area contributed by atoms with E-state index < -0.39 is 5.41 Å². The molecule has 4 unspecified atom stereocenters. The molecule has 5 aliphatic carbocycles. The van der Waals surface area contributed by atoms with Crippen molar-refractivity contribution in [3.8, 4) is 33.4 Å². The highest BCUT2D eigenvalue weighted by Crippen LogP contribution is 2.68. The van der Waals surface area contributed by atoms with Gasteiger partial charge in [0.25, 0.3) is 0 Å². The summed E-state index contributed by atoms with van der Waals surface area (Å²) in [7, 11) is 0. The fourth-order valence-electron chi connectivity index (χ4n) is 14.6. The number of hydrogen-bond acceptors (Lipinski definition) is 2. The highest BCUT2D eigenvalue weighted by molar-refractivity contribution is 6.11. The smallest absolute Gasteiger partial charge is 0.0746 e. The van der Waals surface area contributed by atoms with Crippen molar-refractivity contribution in [2.45, 2.75) is 16.7 Å². The number of allylic oxidation sites excluding steroid dienone is 4. The van der Waals surface area contributed by atoms with Crippen molar-refractivity contribution in [2.75, 3.05) is 9.80 Å². The van der Waals surface area contributed by atoms with E-state index in [4.69, 9.17) is 0 Å². The molecule has 11 aromatic carbocycles. The maximum Gasteiger partial charge on any atom is 0.0746 e. The number of nitrogens with zero attached hydrogens (tertiary/aromatic N) is 2. The number of rotatable bonds is 6. The second kappa shape index (κ2) is 15.6. The van der Waals surface area contributed by atoms with Crippen LogP contribution in [0.1, 0.15) is 50.4 Å². The van der Waals surface area contributed by atoms with E-state index in [9.17, 15) is 0 Å². The Balaban J connectivity index is 0.940. The van der Waals surface area contributed by atoms with Crippen molar-refractivity contribution in [1.82, 2.24) is 0 Å². The van der Waals surface area contributed by atoms with Crippen molar-refractivity contribution in [2.24, 2.45) is 5.92 Å². The third kappa shape index (κ3) is 5.39. The summed E-state index contributed by atoms with van der Waals surface area (Å²) < 4.78 is 0. The van der Waals surface area contributed by atoms with E-state index in [1.54, 1.807) is 0 Å². The lowest BCUT2D eigenvalue weighted by Crippen LogP contribution is -2.32. The van der Waals surface area contributed by atoms with Crippen LogP contribution < -0.4 is 9.80 Å². The van der Waals surface area contributed by atoms with Gasteiger partial charge in [-0.25, -0.2) is 0 Å². The van der Waals surface area contributed by atoms with Crippen LogP contribution >= 0.6 is 0 Å². The lowest BCUT2D eigenvalue weighted by atomic mass is 9.65. The van der Waals surface area contributed by atoms with E-state index in [0.717, 1.165) is 28.4 Å². The molecule has 74 heavy (non-hydrogen) atoms. The van der Waals surface area contributed by atoms with Crippen molar-refractivity contribution < 1.29 is 0 Å². The van der Waals surface area contributed by atoms with Gasteiger partial charge in [-0.3, -0.25) is 0 Å². The molecule has 2 nitrogen and oxygen atoms in total. The minimum atomic E-state index is -0.626. The normalized spacial score (nSPS) is 19.4. The van der Waals surface area contributed by atoms with E-state index in [1.807, 2.05) is 0 Å². The summed E-state index contributed by atoms with van der Waals surface area (Å²) in [5, 5.41) is 2.49. The summed E-state index contributed by atoms with van der Waals surface area (Å²) in [6, 6.07) is 95.8. The Hall–Kier alpha value is -9.24. The fraction of sp³-hybridized carbons (Fsp3) is 0.0556. The summed E-state index contributed by atoms with van der Waals surface area (Å²) in [6.07, 6.45) is 9.41. The van der Waals surface area contributed by atoms with E-state index in [2.05, 4.69) is 289 Å². The van der Waals surface area contributed by atoms with Gasteiger partial charge in [0.15, 0.2) is 0 Å². The van der Waals surface area contributed by atoms with Crippen LogP contribution in [0, 0.1) is 5.92 Å². The fourth-order valence-corrected chi connectivity index (χ4v) is 14.6. The van der Waals surface area contributed by atoms with Crippen molar-refractivity contribution in [3.05, 3.63) is 324 Å². The predicted molar refractivity (Wildman–Crippen MR) is 306 cm³/mol. The molecular weight excluding hydrogens is 893 g/mol. The van der Waals surface area contributed by atoms with Gasteiger partial charge < -0.3 is 9.80 Å². The van der Waals surface area contributed by atoms with Crippen LogP contribution in [0.2, 0.25) is 0 Å². The molecule has 0 heterocycles. The largest absolute Gasteiger partial charge is 0.310 e. The molecule has 0 N–H and O–H groups in total. The molecule has 0 aromatic heterocycles. The standard InChI is InChI=1S/C72H48N2/c1-4-23-48(24-5-1)73(51-40-42-66-59(45-51)56-32-14-19-37-63(56)71(66)61-35-17-12-30-54(61)55-31-13-18-36-62(55)71)52-41-43-67-60(46-52)57-33-15-20-38-64(57)72(67)65-39-21-16-34-58(65)69-53-29-11-10-22-47(53)44-68(70(69)72)74(49-25-6-2-7-26-49)50-27-8-3-9-28-50/h1-46,54,61H. The zero-order chi connectivity index (χ0) is 48.5. The summed E-state index contributed by atoms with van der Waals surface area (Å²) in [4.78, 5) is 4.98. The minimum absolute atomic E-state index is 0.282. The predicted octanol–water partition coefficient (Wildman–Crippen LogP) is 18.3. The second-order valence-corrected chi connectivity index (χ2v) is 20.6. The van der Waals surface area contributed by atoms with Crippen molar-refractivity contribution >= 4 is 44.9 Å². The summed E-state index contributed by atoms with van der Waals surface area (Å²) in [5.41, 5.74) is 24.5. The average Bonchev–Trinajstić information content (AvgIpc) is 4.20. The van der Waals surface area contributed by atoms with E-state index in [0.29, 0.717) is 5.92 Å². The molecule has 0 bridgehead atoms. The van der Waals surface area contributed by atoms with E-state index in [-0.39, 0.29) is 11.3 Å². The zero-order valence-corrected chi connectivity index (χ0v) is 40.6. The highest BCUT2D eigenvalue weighted by Gasteiger charge is 2.57. The summed E-state index contributed by atoms with van der Waals surface area (Å²) >= 11 is 0. The van der Waals surface area contributed by atoms with Gasteiger partial charge in [-0.05, 0) is 150 Å². The van der Waals surface area contributed by atoms with Crippen molar-refractivity contribution in [3.63, 3.8) is 0 Å². The highest BCUT2D eigenvalue weighted by atomic mass is 15.2. The van der Waals surface area contributed by atoms with Gasteiger partial charge in [-0.1, -0.05) is 212 Å². The van der Waals surface area contributed by atoms with Crippen LogP contribution in [0.3, 0.4) is 0 Å². The van der Waals surface area contributed by atoms with Crippen LogP contribution in [0.15, 0.2) is 279 Å². The average molecular weight is 941 g/mol. The SMILES string of the molecule is C1=CC2c3ccccc3C3(c4ccccc4-c4cc(N(c5ccccc5)c5ccc6c(c5)-c5ccccc5C65c6ccccc6-c6c5c(N(c5ccccc5)c5ccccc5)cc5ccccc65)ccc43)C2C=C1. The van der Waals surface area contributed by atoms with Crippen LogP contribution in [0.25, 0.3) is 44.2 Å². The van der Waals surface area contributed by atoms with Crippen LogP contribution in [-0.2, 0) is 10.8 Å². The first-order chi connectivity index (χ1) is 36.7. The van der Waals surface area contributed by atoms with Gasteiger partial charge in [-0.2, -0.15) is 0 Å². The molecule has 0 radical (unpaired) electrons. The van der Waals surface area contributed by atoms with Gasteiger partial charge in [0.1, 0.15) is 0 Å². The number of fused-ring (bicyclic) bond motifs is 22. The van der Waals surface area contributed by atoms with Crippen LogP contribution in [0.5, 0.6) is 0 Å². The molecule has 0 fully saturated rings. The molecule has 2 spiro atoms. The van der Waals surface area contributed by atoms with Crippen LogP contribution in [-0.4, -0.2) is 0 Å². The Morgan fingerprint density at radius 2 is 0.797 bits per heavy atom. The second-order valence-electron chi connectivity index (χ2n) is 20.6. The topological polar surface area (TPSA) is 6.48 Å². The van der Waals surface area contributed by atoms with Gasteiger partial charge in [0, 0.05) is 45.8 Å². The lowest BCUT2D eigenvalue weighted by molar-refractivity contribution is 0.465. The Morgan fingerprint density at radius 3 is 1.49 bits per heavy atom. The molecular formula is C72H48N2. The monoisotopic (exact) mass is 940 g/mol. The Labute approximate surface area is 432 Å². The molecule has 5 aliphatic rings. The molecule has 11 aromatic rings. The molecule has 0 aliphatic heterocycles. The van der Waals surface area contributed by atoms with Crippen molar-refractivity contribution in [1.29, 1.82) is 0 Å². The third-order valence-corrected chi connectivity index (χ3v) is 17.3. The molecule has 2 heteroatoms. The van der Waals surface area contributed by atoms with E-state index in [1.165, 1.54) is 94.3 Å². The lowest BCUT2D eigenvalue weighted by Gasteiger charge is -2.36. The van der Waals surface area contributed by atoms with Gasteiger partial charge in [0.2, 0.25) is 0 Å². The molecule has 0 saturated heterocycles. The van der Waals surface area contributed by atoms with Gasteiger partial charge in [-0.15, -0.1) is 0 Å². The summed E-state index contributed by atoms with van der Waals surface area (Å²) in [6.45, 7) is 0. The quantitative estimate of drug-likeness (QED) is 0.164. The Kier molecular flexibility index (Phi) is 8.74. The number of hydrogen-bond donors (Lipinski definition) is 0.